The van der Waals surface area contributed by atoms with E-state index in [9.17, 15) is 9.90 Å². The molecule has 1 aliphatic heterocycles. The van der Waals surface area contributed by atoms with Gasteiger partial charge in [-0.15, -0.1) is 0 Å². The summed E-state index contributed by atoms with van der Waals surface area (Å²) in [5, 5.41) is 10.8. The molecular formula is C27H25ClN2O3S. The van der Waals surface area contributed by atoms with Crippen molar-refractivity contribution in [1.82, 2.24) is 0 Å². The molecule has 3 aromatic carbocycles. The van der Waals surface area contributed by atoms with Crippen LogP contribution in [0.5, 0.6) is 11.5 Å². The maximum Gasteiger partial charge on any atom is 0.271 e. The van der Waals surface area contributed by atoms with Crippen molar-refractivity contribution >= 4 is 51.9 Å². The summed E-state index contributed by atoms with van der Waals surface area (Å²) in [4.78, 5) is 20.7. The Labute approximate surface area is 208 Å². The van der Waals surface area contributed by atoms with E-state index in [-0.39, 0.29) is 22.4 Å². The minimum absolute atomic E-state index is 0.133. The summed E-state index contributed by atoms with van der Waals surface area (Å²) >= 11 is 7.47. The second-order valence-electron chi connectivity index (χ2n) is 8.14. The van der Waals surface area contributed by atoms with Crippen LogP contribution >= 0.6 is 23.4 Å². The number of halogens is 1. The molecule has 1 amide bonds. The van der Waals surface area contributed by atoms with Gasteiger partial charge in [0.05, 0.1) is 28.4 Å². The molecule has 0 radical (unpaired) electrons. The maximum atomic E-state index is 13.7. The summed E-state index contributed by atoms with van der Waals surface area (Å²) in [6, 6.07) is 15.1. The van der Waals surface area contributed by atoms with Crippen molar-refractivity contribution in [1.29, 1.82) is 0 Å². The molecular weight excluding hydrogens is 468 g/mol. The lowest BCUT2D eigenvalue weighted by molar-refractivity contribution is -0.113. The van der Waals surface area contributed by atoms with Gasteiger partial charge in [0.1, 0.15) is 0 Å². The first-order valence-corrected chi connectivity index (χ1v) is 11.9. The molecule has 1 fully saturated rings. The molecule has 0 saturated carbocycles. The number of ether oxygens (including phenoxy) is 1. The third-order valence-corrected chi connectivity index (χ3v) is 7.24. The molecule has 1 N–H and O–H groups in total. The van der Waals surface area contributed by atoms with Crippen LogP contribution in [0.15, 0.2) is 58.4 Å². The Balaban J connectivity index is 1.86. The summed E-state index contributed by atoms with van der Waals surface area (Å²) < 4.78 is 5.21. The number of phenols is 1. The normalized spacial score (nSPS) is 16.1. The van der Waals surface area contributed by atoms with E-state index in [1.54, 1.807) is 23.1 Å². The van der Waals surface area contributed by atoms with Crippen LogP contribution in [0.25, 0.3) is 6.08 Å². The maximum absolute atomic E-state index is 13.7. The zero-order valence-electron chi connectivity index (χ0n) is 19.6. The predicted molar refractivity (Wildman–Crippen MR) is 142 cm³/mol. The van der Waals surface area contributed by atoms with Crippen molar-refractivity contribution < 1.29 is 14.6 Å². The van der Waals surface area contributed by atoms with E-state index in [2.05, 4.69) is 0 Å². The van der Waals surface area contributed by atoms with E-state index in [0.717, 1.165) is 33.6 Å². The fourth-order valence-electron chi connectivity index (χ4n) is 3.68. The average Bonchev–Trinajstić information content (AvgIpc) is 3.10. The molecule has 7 heteroatoms. The molecule has 3 aromatic rings. The van der Waals surface area contributed by atoms with E-state index in [0.29, 0.717) is 15.6 Å². The number of hydrogen-bond acceptors (Lipinski definition) is 5. The Morgan fingerprint density at radius 1 is 1.03 bits per heavy atom. The second kappa shape index (κ2) is 9.57. The van der Waals surface area contributed by atoms with E-state index in [1.165, 1.54) is 18.9 Å². The fraction of sp³-hybridized carbons (Fsp3) is 0.185. The fourth-order valence-corrected chi connectivity index (χ4v) is 4.89. The highest BCUT2D eigenvalue weighted by Gasteiger charge is 2.36. The number of benzene rings is 3. The van der Waals surface area contributed by atoms with Crippen LogP contribution in [-0.2, 0) is 4.79 Å². The molecule has 0 unspecified atom stereocenters. The molecule has 5 nitrogen and oxygen atoms in total. The lowest BCUT2D eigenvalue weighted by Gasteiger charge is -2.19. The number of methoxy groups -OCH3 is 1. The van der Waals surface area contributed by atoms with Crippen LogP contribution in [0.1, 0.15) is 27.8 Å². The lowest BCUT2D eigenvalue weighted by Crippen LogP contribution is -2.29. The Morgan fingerprint density at radius 2 is 1.71 bits per heavy atom. The van der Waals surface area contributed by atoms with Gasteiger partial charge in [0.2, 0.25) is 0 Å². The quantitative estimate of drug-likeness (QED) is 0.394. The summed E-state index contributed by atoms with van der Waals surface area (Å²) in [7, 11) is 1.45. The highest BCUT2D eigenvalue weighted by molar-refractivity contribution is 8.19. The number of amidine groups is 1. The van der Waals surface area contributed by atoms with Crippen molar-refractivity contribution in [2.75, 3.05) is 12.0 Å². The number of carbonyl (C=O) groups is 1. The molecule has 4 rings (SSSR count). The van der Waals surface area contributed by atoms with Crippen LogP contribution < -0.4 is 9.64 Å². The van der Waals surface area contributed by atoms with Gasteiger partial charge in [-0.2, -0.15) is 0 Å². The minimum Gasteiger partial charge on any atom is -0.503 e. The molecule has 1 saturated heterocycles. The number of nitrogens with zero attached hydrogens (tertiary/aromatic N) is 2. The Bertz CT molecular complexity index is 1360. The van der Waals surface area contributed by atoms with Crippen LogP contribution in [0.4, 0.5) is 11.4 Å². The highest BCUT2D eigenvalue weighted by Crippen LogP contribution is 2.41. The number of thioether (sulfide) groups is 1. The number of aryl methyl sites for hydroxylation is 2. The smallest absolute Gasteiger partial charge is 0.271 e. The van der Waals surface area contributed by atoms with Gasteiger partial charge in [-0.05, 0) is 97.6 Å². The molecule has 34 heavy (non-hydrogen) atoms. The largest absolute Gasteiger partial charge is 0.503 e. The Kier molecular flexibility index (Phi) is 6.73. The van der Waals surface area contributed by atoms with Crippen LogP contribution in [0.3, 0.4) is 0 Å². The molecule has 0 atom stereocenters. The number of hydrogen-bond donors (Lipinski definition) is 1. The number of amides is 1. The van der Waals surface area contributed by atoms with Crippen LogP contribution in [0.2, 0.25) is 5.02 Å². The zero-order chi connectivity index (χ0) is 24.6. The van der Waals surface area contributed by atoms with Crippen molar-refractivity contribution in [2.45, 2.75) is 27.7 Å². The highest BCUT2D eigenvalue weighted by atomic mass is 35.5. The predicted octanol–water partition coefficient (Wildman–Crippen LogP) is 7.10. The van der Waals surface area contributed by atoms with Crippen LogP contribution in [-0.4, -0.2) is 23.3 Å². The van der Waals surface area contributed by atoms with Gasteiger partial charge >= 0.3 is 0 Å². The van der Waals surface area contributed by atoms with E-state index in [1.807, 2.05) is 64.1 Å². The standard InChI is InChI=1S/C27H25ClN2O3S/c1-15-8-6-10-21(17(15)3)29-27-30(22-11-7-9-16(2)18(22)4)26(32)24(34-27)14-19-12-20(28)25(31)23(13-19)33-5/h6-14,31H,1-5H3/b24-14+,29-27?. The molecule has 0 spiro atoms. The Hall–Kier alpha value is -3.22. The summed E-state index contributed by atoms with van der Waals surface area (Å²) in [5.74, 6) is -0.0673. The SMILES string of the molecule is COc1cc(/C=C2/SC(=Nc3cccc(C)c3C)N(c3cccc(C)c3C)C2=O)cc(Cl)c1O. The first-order chi connectivity index (χ1) is 16.2. The van der Waals surface area contributed by atoms with Gasteiger partial charge in [-0.3, -0.25) is 9.69 Å². The van der Waals surface area contributed by atoms with Gasteiger partial charge in [-0.25, -0.2) is 4.99 Å². The molecule has 1 heterocycles. The summed E-state index contributed by atoms with van der Waals surface area (Å²) in [5.41, 5.74) is 6.57. The van der Waals surface area contributed by atoms with Gasteiger partial charge in [0.25, 0.3) is 5.91 Å². The van der Waals surface area contributed by atoms with Crippen molar-refractivity contribution in [3.8, 4) is 11.5 Å². The van der Waals surface area contributed by atoms with Gasteiger partial charge in [0.15, 0.2) is 16.7 Å². The van der Waals surface area contributed by atoms with E-state index < -0.39 is 0 Å². The summed E-state index contributed by atoms with van der Waals surface area (Å²) in [6.07, 6.45) is 1.74. The number of aliphatic imine (C=N–C) groups is 1. The number of aromatic hydroxyl groups is 1. The molecule has 1 aliphatic rings. The number of anilines is 1. The Morgan fingerprint density at radius 3 is 2.41 bits per heavy atom. The second-order valence-corrected chi connectivity index (χ2v) is 9.55. The van der Waals surface area contributed by atoms with Gasteiger partial charge < -0.3 is 9.84 Å². The number of rotatable bonds is 4. The van der Waals surface area contributed by atoms with Crippen molar-refractivity contribution in [2.24, 2.45) is 4.99 Å². The van der Waals surface area contributed by atoms with Crippen LogP contribution in [0, 0.1) is 27.7 Å². The third-order valence-electron chi connectivity index (χ3n) is 5.98. The molecule has 174 valence electrons. The lowest BCUT2D eigenvalue weighted by atomic mass is 10.1. The number of carbonyl (C=O) groups excluding carboxylic acids is 1. The molecule has 0 aliphatic carbocycles. The van der Waals surface area contributed by atoms with Gasteiger partial charge in [0, 0.05) is 0 Å². The third kappa shape index (κ3) is 4.43. The van der Waals surface area contributed by atoms with E-state index >= 15 is 0 Å². The number of phenolic OH excluding ortho intramolecular Hbond substituents is 1. The first-order valence-electron chi connectivity index (χ1n) is 10.7. The van der Waals surface area contributed by atoms with E-state index in [4.69, 9.17) is 21.3 Å². The molecule has 0 aromatic heterocycles. The first kappa shape index (κ1) is 23.9. The average molecular weight is 493 g/mol. The van der Waals surface area contributed by atoms with Crippen molar-refractivity contribution in [3.05, 3.63) is 86.3 Å². The zero-order valence-corrected chi connectivity index (χ0v) is 21.2. The summed E-state index contributed by atoms with van der Waals surface area (Å²) in [6.45, 7) is 8.10. The monoisotopic (exact) mass is 492 g/mol. The topological polar surface area (TPSA) is 62.1 Å². The van der Waals surface area contributed by atoms with Crippen molar-refractivity contribution in [3.63, 3.8) is 0 Å². The van der Waals surface area contributed by atoms with Gasteiger partial charge in [-0.1, -0.05) is 35.9 Å². The molecule has 0 bridgehead atoms. The minimum atomic E-state index is -0.175.